The molecule has 4 rings (SSSR count). The second kappa shape index (κ2) is 9.86. The van der Waals surface area contributed by atoms with Gasteiger partial charge in [0, 0.05) is 21.6 Å². The van der Waals surface area contributed by atoms with E-state index < -0.39 is 0 Å². The fourth-order valence-corrected chi connectivity index (χ4v) is 4.05. The highest BCUT2D eigenvalue weighted by Gasteiger charge is 2.26. The van der Waals surface area contributed by atoms with Crippen LogP contribution in [0, 0.1) is 17.2 Å². The standard InChI is InChI=1S/C23H22BrN5O2/c24-19-3-1-2-18(14-19)22-27-21(31-28-22)15-29-12-9-17(10-13-29)23(30)26-20-6-4-16(5-7-20)8-11-25/h1-7,14,17H,8-10,12-13,15H2,(H,26,30). The Labute approximate surface area is 189 Å². The number of nitrogens with one attached hydrogen (secondary N) is 1. The summed E-state index contributed by atoms with van der Waals surface area (Å²) in [4.78, 5) is 19.3. The van der Waals surface area contributed by atoms with Crippen molar-refractivity contribution in [3.63, 3.8) is 0 Å². The number of rotatable bonds is 6. The molecule has 0 unspecified atom stereocenters. The van der Waals surface area contributed by atoms with Gasteiger partial charge in [0.05, 0.1) is 19.0 Å². The van der Waals surface area contributed by atoms with Crippen LogP contribution in [0.5, 0.6) is 0 Å². The van der Waals surface area contributed by atoms with Crippen molar-refractivity contribution in [1.29, 1.82) is 5.26 Å². The Balaban J connectivity index is 1.27. The molecular formula is C23H22BrN5O2. The minimum Gasteiger partial charge on any atom is -0.338 e. The zero-order valence-corrected chi connectivity index (χ0v) is 18.5. The maximum atomic E-state index is 12.6. The fraction of sp³-hybridized carbons (Fsp3) is 0.304. The van der Waals surface area contributed by atoms with Crippen molar-refractivity contribution in [2.45, 2.75) is 25.8 Å². The van der Waals surface area contributed by atoms with Gasteiger partial charge in [-0.25, -0.2) is 0 Å². The van der Waals surface area contributed by atoms with Crippen molar-refractivity contribution in [2.24, 2.45) is 5.92 Å². The Morgan fingerprint density at radius 1 is 1.23 bits per heavy atom. The molecule has 2 aromatic carbocycles. The molecule has 0 aliphatic carbocycles. The average molecular weight is 480 g/mol. The van der Waals surface area contributed by atoms with Crippen LogP contribution in [0.3, 0.4) is 0 Å². The summed E-state index contributed by atoms with van der Waals surface area (Å²) < 4.78 is 6.39. The summed E-state index contributed by atoms with van der Waals surface area (Å²) in [6.45, 7) is 2.18. The highest BCUT2D eigenvalue weighted by atomic mass is 79.9. The number of aromatic nitrogens is 2. The van der Waals surface area contributed by atoms with E-state index in [2.05, 4.69) is 42.4 Å². The molecule has 0 bridgehead atoms. The molecule has 158 valence electrons. The number of carbonyl (C=O) groups excluding carboxylic acids is 1. The summed E-state index contributed by atoms with van der Waals surface area (Å²) in [5.41, 5.74) is 2.61. The van der Waals surface area contributed by atoms with Crippen LogP contribution in [0.25, 0.3) is 11.4 Å². The quantitative estimate of drug-likeness (QED) is 0.562. The normalized spacial score (nSPS) is 14.8. The SMILES string of the molecule is N#CCc1ccc(NC(=O)C2CCN(Cc3nc(-c4cccc(Br)c4)no3)CC2)cc1. The predicted molar refractivity (Wildman–Crippen MR) is 120 cm³/mol. The van der Waals surface area contributed by atoms with Gasteiger partial charge in [-0.15, -0.1) is 0 Å². The number of nitrogens with zero attached hydrogens (tertiary/aromatic N) is 4. The summed E-state index contributed by atoms with van der Waals surface area (Å²) in [7, 11) is 0. The number of likely N-dealkylation sites (tertiary alicyclic amines) is 1. The Kier molecular flexibility index (Phi) is 6.75. The number of nitriles is 1. The number of halogens is 1. The average Bonchev–Trinajstić information content (AvgIpc) is 3.24. The highest BCUT2D eigenvalue weighted by molar-refractivity contribution is 9.10. The monoisotopic (exact) mass is 479 g/mol. The third-order valence-corrected chi connectivity index (χ3v) is 5.87. The predicted octanol–water partition coefficient (Wildman–Crippen LogP) is 4.42. The largest absolute Gasteiger partial charge is 0.338 e. The molecular weight excluding hydrogens is 458 g/mol. The van der Waals surface area contributed by atoms with E-state index in [9.17, 15) is 4.79 Å². The minimum absolute atomic E-state index is 0.0186. The summed E-state index contributed by atoms with van der Waals surface area (Å²) in [6.07, 6.45) is 1.94. The summed E-state index contributed by atoms with van der Waals surface area (Å²) >= 11 is 3.45. The van der Waals surface area contributed by atoms with E-state index in [1.807, 2.05) is 48.5 Å². The molecule has 1 aromatic heterocycles. The lowest BCUT2D eigenvalue weighted by Crippen LogP contribution is -2.37. The van der Waals surface area contributed by atoms with Crippen LogP contribution in [0.2, 0.25) is 0 Å². The third-order valence-electron chi connectivity index (χ3n) is 5.37. The number of hydrogen-bond acceptors (Lipinski definition) is 6. The van der Waals surface area contributed by atoms with E-state index in [1.165, 1.54) is 0 Å². The van der Waals surface area contributed by atoms with Gasteiger partial charge < -0.3 is 9.84 Å². The number of anilines is 1. The van der Waals surface area contributed by atoms with Gasteiger partial charge >= 0.3 is 0 Å². The Hall–Kier alpha value is -3.02. The lowest BCUT2D eigenvalue weighted by molar-refractivity contribution is -0.121. The molecule has 7 nitrogen and oxygen atoms in total. The van der Waals surface area contributed by atoms with Gasteiger partial charge in [-0.2, -0.15) is 10.2 Å². The van der Waals surface area contributed by atoms with Gasteiger partial charge in [-0.3, -0.25) is 9.69 Å². The summed E-state index contributed by atoms with van der Waals surface area (Å²) in [6, 6.07) is 17.3. The van der Waals surface area contributed by atoms with E-state index in [1.54, 1.807) is 0 Å². The van der Waals surface area contributed by atoms with E-state index in [0.29, 0.717) is 24.7 Å². The Morgan fingerprint density at radius 3 is 2.71 bits per heavy atom. The van der Waals surface area contributed by atoms with Crippen molar-refractivity contribution < 1.29 is 9.32 Å². The lowest BCUT2D eigenvalue weighted by Gasteiger charge is -2.30. The van der Waals surface area contributed by atoms with Gasteiger partial charge in [0.15, 0.2) is 0 Å². The summed E-state index contributed by atoms with van der Waals surface area (Å²) in [5, 5.41) is 15.8. The van der Waals surface area contributed by atoms with Crippen LogP contribution >= 0.6 is 15.9 Å². The number of hydrogen-bond donors (Lipinski definition) is 1. The van der Waals surface area contributed by atoms with Crippen LogP contribution in [0.1, 0.15) is 24.3 Å². The fourth-order valence-electron chi connectivity index (χ4n) is 3.65. The molecule has 1 aliphatic rings. The molecule has 3 aromatic rings. The van der Waals surface area contributed by atoms with E-state index in [-0.39, 0.29) is 11.8 Å². The molecule has 31 heavy (non-hydrogen) atoms. The van der Waals surface area contributed by atoms with E-state index >= 15 is 0 Å². The van der Waals surface area contributed by atoms with Crippen molar-refractivity contribution in [1.82, 2.24) is 15.0 Å². The molecule has 1 N–H and O–H groups in total. The maximum Gasteiger partial charge on any atom is 0.241 e. The summed E-state index contributed by atoms with van der Waals surface area (Å²) in [5.74, 6) is 1.18. The van der Waals surface area contributed by atoms with Gasteiger partial charge in [0.1, 0.15) is 0 Å². The van der Waals surface area contributed by atoms with Gasteiger partial charge in [0.25, 0.3) is 0 Å². The first kappa shape index (κ1) is 21.2. The van der Waals surface area contributed by atoms with Crippen molar-refractivity contribution in [3.8, 4) is 17.5 Å². The molecule has 8 heteroatoms. The van der Waals surface area contributed by atoms with Gasteiger partial charge in [0.2, 0.25) is 17.6 Å². The van der Waals surface area contributed by atoms with E-state index in [4.69, 9.17) is 9.78 Å². The zero-order valence-electron chi connectivity index (χ0n) is 16.9. The second-order valence-corrected chi connectivity index (χ2v) is 8.51. The molecule has 1 saturated heterocycles. The number of amides is 1. The maximum absolute atomic E-state index is 12.6. The highest BCUT2D eigenvalue weighted by Crippen LogP contribution is 2.23. The van der Waals surface area contributed by atoms with Crippen LogP contribution in [-0.4, -0.2) is 34.0 Å². The number of piperidine rings is 1. The Bertz CT molecular complexity index is 1080. The molecule has 1 fully saturated rings. The van der Waals surface area contributed by atoms with Crippen molar-refractivity contribution in [3.05, 3.63) is 64.5 Å². The van der Waals surface area contributed by atoms with Gasteiger partial charge in [-0.05, 0) is 55.8 Å². The van der Waals surface area contributed by atoms with E-state index in [0.717, 1.165) is 47.2 Å². The minimum atomic E-state index is -0.0186. The lowest BCUT2D eigenvalue weighted by atomic mass is 9.95. The molecule has 0 atom stereocenters. The first-order chi connectivity index (χ1) is 15.1. The van der Waals surface area contributed by atoms with Crippen LogP contribution in [0.4, 0.5) is 5.69 Å². The second-order valence-electron chi connectivity index (χ2n) is 7.59. The molecule has 1 amide bonds. The first-order valence-corrected chi connectivity index (χ1v) is 11.0. The number of carbonyl (C=O) groups is 1. The molecule has 0 radical (unpaired) electrons. The topological polar surface area (TPSA) is 95.1 Å². The Morgan fingerprint density at radius 2 is 2.00 bits per heavy atom. The number of benzene rings is 2. The van der Waals surface area contributed by atoms with Crippen LogP contribution in [-0.2, 0) is 17.8 Å². The first-order valence-electron chi connectivity index (χ1n) is 10.2. The molecule has 0 spiro atoms. The molecule has 0 saturated carbocycles. The third kappa shape index (κ3) is 5.57. The molecule has 1 aliphatic heterocycles. The van der Waals surface area contributed by atoms with Crippen LogP contribution in [0.15, 0.2) is 57.5 Å². The van der Waals surface area contributed by atoms with Crippen molar-refractivity contribution in [2.75, 3.05) is 18.4 Å². The van der Waals surface area contributed by atoms with Crippen molar-refractivity contribution >= 4 is 27.5 Å². The molecule has 2 heterocycles. The smallest absolute Gasteiger partial charge is 0.241 e. The van der Waals surface area contributed by atoms with Gasteiger partial charge in [-0.1, -0.05) is 45.4 Å². The van der Waals surface area contributed by atoms with Crippen LogP contribution < -0.4 is 5.32 Å². The zero-order chi connectivity index (χ0) is 21.6.